The van der Waals surface area contributed by atoms with E-state index in [1.165, 1.54) is 13.2 Å². The second-order valence-electron chi connectivity index (χ2n) is 8.95. The van der Waals surface area contributed by atoms with Gasteiger partial charge in [-0.1, -0.05) is 25.0 Å². The van der Waals surface area contributed by atoms with Crippen molar-refractivity contribution in [1.29, 1.82) is 0 Å². The smallest absolute Gasteiger partial charge is 0.274 e. The fourth-order valence-corrected chi connectivity index (χ4v) is 5.19. The number of carbonyl (C=O) groups excluding carboxylic acids is 1. The van der Waals surface area contributed by atoms with Gasteiger partial charge in [-0.3, -0.25) is 9.59 Å². The van der Waals surface area contributed by atoms with Crippen LogP contribution in [-0.2, 0) is 6.42 Å². The minimum absolute atomic E-state index is 0.00516. The predicted octanol–water partition coefficient (Wildman–Crippen LogP) is 3.79. The van der Waals surface area contributed by atoms with E-state index >= 15 is 0 Å². The number of aromatic amines is 1. The molecule has 0 saturated heterocycles. The lowest BCUT2D eigenvalue weighted by atomic mass is 9.98. The maximum Gasteiger partial charge on any atom is 0.274 e. The van der Waals surface area contributed by atoms with Gasteiger partial charge in [0, 0.05) is 23.9 Å². The highest BCUT2D eigenvalue weighted by atomic mass is 19.1. The Labute approximate surface area is 200 Å². The molecule has 1 aliphatic rings. The first kappa shape index (κ1) is 22.6. The molecule has 2 heterocycles. The number of primary amides is 1. The van der Waals surface area contributed by atoms with Gasteiger partial charge in [0.05, 0.1) is 18.1 Å². The van der Waals surface area contributed by atoms with E-state index in [1.807, 2.05) is 35.0 Å². The zero-order valence-corrected chi connectivity index (χ0v) is 19.3. The molecule has 0 spiro atoms. The Morgan fingerprint density at radius 3 is 2.60 bits per heavy atom. The van der Waals surface area contributed by atoms with Crippen LogP contribution in [0.2, 0.25) is 0 Å². The number of benzene rings is 2. The largest absolute Gasteiger partial charge is 0.496 e. The van der Waals surface area contributed by atoms with Crippen molar-refractivity contribution in [1.82, 2.24) is 14.8 Å². The standard InChI is InChI=1S/C26H26FN5O3/c1-35-23-16(11-17(27)12-19(23)25(29)33)10-14-6-8-18(9-7-14)32-13-20(15-4-2-3-5-15)21-22(32)24(28)30-31-26(21)34/h6-9,11-13,15H,2-5,10H2,1H3,(H2,28,30)(H2,29,33)(H,31,34). The van der Waals surface area contributed by atoms with Crippen molar-refractivity contribution in [2.24, 2.45) is 5.73 Å². The summed E-state index contributed by atoms with van der Waals surface area (Å²) >= 11 is 0. The van der Waals surface area contributed by atoms with Crippen LogP contribution in [-0.4, -0.2) is 27.8 Å². The molecule has 5 rings (SSSR count). The molecule has 2 aromatic heterocycles. The highest BCUT2D eigenvalue weighted by Gasteiger charge is 2.25. The van der Waals surface area contributed by atoms with Gasteiger partial charge in [0.2, 0.25) is 0 Å². The summed E-state index contributed by atoms with van der Waals surface area (Å²) in [7, 11) is 1.42. The predicted molar refractivity (Wildman–Crippen MR) is 132 cm³/mol. The van der Waals surface area contributed by atoms with Crippen LogP contribution in [0.5, 0.6) is 5.75 Å². The number of aromatic nitrogens is 3. The Balaban J connectivity index is 1.54. The number of anilines is 1. The number of rotatable bonds is 6. The summed E-state index contributed by atoms with van der Waals surface area (Å²) in [5.41, 5.74) is 15.2. The van der Waals surface area contributed by atoms with Crippen molar-refractivity contribution in [3.63, 3.8) is 0 Å². The van der Waals surface area contributed by atoms with E-state index < -0.39 is 11.7 Å². The number of nitrogens with two attached hydrogens (primary N) is 2. The second kappa shape index (κ2) is 8.90. The number of nitrogens with one attached hydrogen (secondary N) is 1. The van der Waals surface area contributed by atoms with Crippen LogP contribution < -0.4 is 21.8 Å². The summed E-state index contributed by atoms with van der Waals surface area (Å²) in [5.74, 6) is -0.467. The summed E-state index contributed by atoms with van der Waals surface area (Å²) in [4.78, 5) is 24.4. The van der Waals surface area contributed by atoms with E-state index in [0.29, 0.717) is 28.8 Å². The van der Waals surface area contributed by atoms with Gasteiger partial charge in [-0.25, -0.2) is 9.49 Å². The molecule has 35 heavy (non-hydrogen) atoms. The number of nitrogens with zero attached hydrogens (tertiary/aromatic N) is 2. The van der Waals surface area contributed by atoms with Crippen molar-refractivity contribution in [3.8, 4) is 11.4 Å². The number of carbonyl (C=O) groups is 1. The van der Waals surface area contributed by atoms with Gasteiger partial charge in [-0.2, -0.15) is 5.10 Å². The number of halogens is 1. The lowest BCUT2D eigenvalue weighted by molar-refractivity contribution is 0.0996. The molecule has 0 bridgehead atoms. The van der Waals surface area contributed by atoms with Crippen LogP contribution in [0.25, 0.3) is 16.6 Å². The summed E-state index contributed by atoms with van der Waals surface area (Å²) in [6, 6.07) is 10.0. The summed E-state index contributed by atoms with van der Waals surface area (Å²) in [6.07, 6.45) is 6.71. The monoisotopic (exact) mass is 475 g/mol. The first-order chi connectivity index (χ1) is 16.9. The van der Waals surface area contributed by atoms with E-state index in [2.05, 4.69) is 10.2 Å². The molecule has 8 nitrogen and oxygen atoms in total. The van der Waals surface area contributed by atoms with Crippen molar-refractivity contribution < 1.29 is 13.9 Å². The molecular weight excluding hydrogens is 449 g/mol. The third-order valence-electron chi connectivity index (χ3n) is 6.79. The molecule has 0 atom stereocenters. The van der Waals surface area contributed by atoms with Gasteiger partial charge < -0.3 is 20.8 Å². The number of amides is 1. The number of nitrogen functional groups attached to an aromatic ring is 1. The van der Waals surface area contributed by atoms with Crippen molar-refractivity contribution in [3.05, 3.63) is 81.0 Å². The van der Waals surface area contributed by atoms with Crippen molar-refractivity contribution >= 4 is 22.6 Å². The topological polar surface area (TPSA) is 129 Å². The molecule has 1 aliphatic carbocycles. The first-order valence-corrected chi connectivity index (χ1v) is 11.5. The normalized spacial score (nSPS) is 14.0. The molecule has 1 amide bonds. The highest BCUT2D eigenvalue weighted by Crippen LogP contribution is 2.39. The molecule has 1 fully saturated rings. The van der Waals surface area contributed by atoms with Crippen LogP contribution in [0.15, 0.2) is 47.4 Å². The fraction of sp³-hybridized carbons (Fsp3) is 0.269. The number of ether oxygens (including phenoxy) is 1. The van der Waals surface area contributed by atoms with Gasteiger partial charge in [-0.05, 0) is 54.2 Å². The average Bonchev–Trinajstić information content (AvgIpc) is 3.50. The molecule has 5 N–H and O–H groups in total. The molecule has 180 valence electrons. The minimum atomic E-state index is -0.753. The lowest BCUT2D eigenvalue weighted by Gasteiger charge is -2.13. The van der Waals surface area contributed by atoms with Crippen molar-refractivity contribution in [2.45, 2.75) is 38.0 Å². The molecule has 0 radical (unpaired) electrons. The van der Waals surface area contributed by atoms with Crippen LogP contribution in [0.1, 0.15) is 58.6 Å². The molecule has 4 aromatic rings. The molecule has 9 heteroatoms. The van der Waals surface area contributed by atoms with E-state index in [4.69, 9.17) is 16.2 Å². The van der Waals surface area contributed by atoms with E-state index in [0.717, 1.165) is 48.6 Å². The van der Waals surface area contributed by atoms with Crippen LogP contribution >= 0.6 is 0 Å². The quantitative estimate of drug-likeness (QED) is 0.391. The number of H-pyrrole nitrogens is 1. The van der Waals surface area contributed by atoms with Crippen LogP contribution in [0.4, 0.5) is 10.2 Å². The third kappa shape index (κ3) is 4.03. The fourth-order valence-electron chi connectivity index (χ4n) is 5.19. The summed E-state index contributed by atoms with van der Waals surface area (Å²) < 4.78 is 21.4. The summed E-state index contributed by atoms with van der Waals surface area (Å²) in [6.45, 7) is 0. The Kier molecular flexibility index (Phi) is 5.76. The highest BCUT2D eigenvalue weighted by molar-refractivity contribution is 5.96. The van der Waals surface area contributed by atoms with Crippen molar-refractivity contribution in [2.75, 3.05) is 12.8 Å². The summed E-state index contributed by atoms with van der Waals surface area (Å²) in [5, 5.41) is 7.10. The Morgan fingerprint density at radius 2 is 1.94 bits per heavy atom. The number of hydrogen-bond donors (Lipinski definition) is 3. The molecular formula is C26H26FN5O3. The van der Waals surface area contributed by atoms with Gasteiger partial charge in [-0.15, -0.1) is 0 Å². The van der Waals surface area contributed by atoms with Gasteiger partial charge in [0.1, 0.15) is 17.1 Å². The number of methoxy groups -OCH3 is 1. The minimum Gasteiger partial charge on any atom is -0.496 e. The van der Waals surface area contributed by atoms with Crippen LogP contribution in [0, 0.1) is 5.82 Å². The van der Waals surface area contributed by atoms with E-state index in [-0.39, 0.29) is 22.7 Å². The maximum absolute atomic E-state index is 14.1. The molecule has 0 unspecified atom stereocenters. The van der Waals surface area contributed by atoms with Crippen LogP contribution in [0.3, 0.4) is 0 Å². The zero-order valence-electron chi connectivity index (χ0n) is 19.3. The molecule has 2 aromatic carbocycles. The average molecular weight is 476 g/mol. The zero-order chi connectivity index (χ0) is 24.7. The molecule has 1 saturated carbocycles. The number of fused-ring (bicyclic) bond motifs is 1. The lowest BCUT2D eigenvalue weighted by Crippen LogP contribution is -2.14. The van der Waals surface area contributed by atoms with E-state index in [1.54, 1.807) is 0 Å². The first-order valence-electron chi connectivity index (χ1n) is 11.5. The molecule has 0 aliphatic heterocycles. The second-order valence-corrected chi connectivity index (χ2v) is 8.95. The SMILES string of the molecule is COc1c(Cc2ccc(-n3cc(C4CCCC4)c4c(=O)[nH]nc(N)c43)cc2)cc(F)cc1C(N)=O. The van der Waals surface area contributed by atoms with E-state index in [9.17, 15) is 14.0 Å². The Hall–Kier alpha value is -4.14. The number of hydrogen-bond acceptors (Lipinski definition) is 5. The van der Waals surface area contributed by atoms with Gasteiger partial charge >= 0.3 is 0 Å². The van der Waals surface area contributed by atoms with Gasteiger partial charge in [0.15, 0.2) is 5.82 Å². The van der Waals surface area contributed by atoms with Gasteiger partial charge in [0.25, 0.3) is 11.5 Å². The Bertz CT molecular complexity index is 1480. The maximum atomic E-state index is 14.1. The third-order valence-corrected chi connectivity index (χ3v) is 6.79. The Morgan fingerprint density at radius 1 is 1.23 bits per heavy atom.